The molecule has 1 atom stereocenters. The minimum atomic E-state index is 0.540. The molecule has 0 aromatic carbocycles. The van der Waals surface area contributed by atoms with Crippen molar-refractivity contribution in [3.63, 3.8) is 0 Å². The van der Waals surface area contributed by atoms with Crippen molar-refractivity contribution in [2.45, 2.75) is 39.2 Å². The van der Waals surface area contributed by atoms with Crippen LogP contribution in [0.15, 0.2) is 12.2 Å². The van der Waals surface area contributed by atoms with Gasteiger partial charge in [0.15, 0.2) is 0 Å². The van der Waals surface area contributed by atoms with Crippen LogP contribution in [-0.2, 0) is 4.79 Å². The number of nitrogens with zero attached hydrogens (tertiary/aromatic N) is 1. The zero-order valence-electron chi connectivity index (χ0n) is 9.33. The van der Waals surface area contributed by atoms with Gasteiger partial charge in [-0.25, -0.2) is 0 Å². The maximum atomic E-state index is 10.3. The Kier molecular flexibility index (Phi) is 4.33. The van der Waals surface area contributed by atoms with Crippen molar-refractivity contribution in [3.05, 3.63) is 12.2 Å². The Labute approximate surface area is 87.0 Å². The van der Waals surface area contributed by atoms with Crippen LogP contribution in [-0.4, -0.2) is 30.3 Å². The van der Waals surface area contributed by atoms with Crippen LogP contribution in [0.1, 0.15) is 33.1 Å². The van der Waals surface area contributed by atoms with Gasteiger partial charge in [-0.05, 0) is 39.2 Å². The maximum absolute atomic E-state index is 10.3. The van der Waals surface area contributed by atoms with E-state index >= 15 is 0 Å². The van der Waals surface area contributed by atoms with Gasteiger partial charge < -0.3 is 9.69 Å². The van der Waals surface area contributed by atoms with Gasteiger partial charge in [-0.2, -0.15) is 0 Å². The highest BCUT2D eigenvalue weighted by molar-refractivity contribution is 5.53. The summed E-state index contributed by atoms with van der Waals surface area (Å²) in [6.07, 6.45) is 3.79. The van der Waals surface area contributed by atoms with Gasteiger partial charge in [0, 0.05) is 19.0 Å². The van der Waals surface area contributed by atoms with Crippen LogP contribution in [0.4, 0.5) is 0 Å². The van der Waals surface area contributed by atoms with E-state index in [4.69, 9.17) is 0 Å². The number of hydrogen-bond acceptors (Lipinski definition) is 2. The Morgan fingerprint density at radius 3 is 2.86 bits per heavy atom. The second kappa shape index (κ2) is 5.30. The molecule has 0 bridgehead atoms. The number of rotatable bonds is 5. The lowest BCUT2D eigenvalue weighted by Gasteiger charge is -2.20. The molecule has 0 aliphatic carbocycles. The summed E-state index contributed by atoms with van der Waals surface area (Å²) in [6.45, 7) is 10.8. The van der Waals surface area contributed by atoms with Gasteiger partial charge in [0.25, 0.3) is 0 Å². The third kappa shape index (κ3) is 3.26. The highest BCUT2D eigenvalue weighted by Crippen LogP contribution is 2.24. The summed E-state index contributed by atoms with van der Waals surface area (Å²) in [5.74, 6) is 0.727. The Morgan fingerprint density at radius 1 is 1.64 bits per heavy atom. The zero-order chi connectivity index (χ0) is 10.6. The van der Waals surface area contributed by atoms with E-state index in [2.05, 4.69) is 25.3 Å². The third-order valence-corrected chi connectivity index (χ3v) is 3.00. The van der Waals surface area contributed by atoms with Gasteiger partial charge in [-0.3, -0.25) is 0 Å². The van der Waals surface area contributed by atoms with E-state index < -0.39 is 0 Å². The number of likely N-dealkylation sites (tertiary alicyclic amines) is 1. The molecule has 1 rings (SSSR count). The molecule has 0 N–H and O–H groups in total. The van der Waals surface area contributed by atoms with E-state index in [-0.39, 0.29) is 0 Å². The van der Waals surface area contributed by atoms with E-state index in [1.807, 2.05) is 0 Å². The van der Waals surface area contributed by atoms with Gasteiger partial charge in [0.1, 0.15) is 6.29 Å². The van der Waals surface area contributed by atoms with Crippen molar-refractivity contribution < 1.29 is 4.79 Å². The highest BCUT2D eigenvalue weighted by Gasteiger charge is 2.24. The Balaban J connectivity index is 2.28. The Morgan fingerprint density at radius 2 is 2.36 bits per heavy atom. The fourth-order valence-electron chi connectivity index (χ4n) is 2.11. The maximum Gasteiger partial charge on any atom is 0.124 e. The first-order valence-electron chi connectivity index (χ1n) is 5.47. The molecule has 1 fully saturated rings. The molecule has 1 aliphatic rings. The van der Waals surface area contributed by atoms with E-state index in [0.717, 1.165) is 24.2 Å². The average molecular weight is 195 g/mol. The molecule has 1 heterocycles. The molecule has 0 aromatic rings. The van der Waals surface area contributed by atoms with Crippen LogP contribution in [0, 0.1) is 5.92 Å². The molecule has 2 nitrogen and oxygen atoms in total. The van der Waals surface area contributed by atoms with Crippen LogP contribution in [0.5, 0.6) is 0 Å². The first-order chi connectivity index (χ1) is 6.63. The largest absolute Gasteiger partial charge is 0.303 e. The van der Waals surface area contributed by atoms with Crippen LogP contribution >= 0.6 is 0 Å². The van der Waals surface area contributed by atoms with Crippen molar-refractivity contribution in [1.29, 1.82) is 0 Å². The first-order valence-corrected chi connectivity index (χ1v) is 5.47. The molecular weight excluding hydrogens is 174 g/mol. The lowest BCUT2D eigenvalue weighted by atomic mass is 9.98. The topological polar surface area (TPSA) is 20.3 Å². The van der Waals surface area contributed by atoms with Crippen molar-refractivity contribution in [2.75, 3.05) is 13.1 Å². The van der Waals surface area contributed by atoms with Gasteiger partial charge in [0.2, 0.25) is 0 Å². The minimum Gasteiger partial charge on any atom is -0.303 e. The summed E-state index contributed by atoms with van der Waals surface area (Å²) in [7, 11) is 0. The molecule has 14 heavy (non-hydrogen) atoms. The van der Waals surface area contributed by atoms with E-state index in [1.54, 1.807) is 0 Å². The number of aldehydes is 1. The summed E-state index contributed by atoms with van der Waals surface area (Å²) in [6, 6.07) is 0.652. The fraction of sp³-hybridized carbons (Fsp3) is 0.750. The fourth-order valence-corrected chi connectivity index (χ4v) is 2.11. The normalized spacial score (nSPS) is 22.9. The number of allylic oxidation sites excluding steroid dienone is 1. The first kappa shape index (κ1) is 11.4. The van der Waals surface area contributed by atoms with Crippen LogP contribution in [0.25, 0.3) is 0 Å². The molecule has 0 amide bonds. The SMILES string of the molecule is C=C(CC=O)CC1CCN(C(C)C)C1. The van der Waals surface area contributed by atoms with Crippen molar-refractivity contribution in [1.82, 2.24) is 4.90 Å². The molecule has 1 unspecified atom stereocenters. The lowest BCUT2D eigenvalue weighted by molar-refractivity contribution is -0.107. The minimum absolute atomic E-state index is 0.540. The van der Waals surface area contributed by atoms with E-state index in [1.165, 1.54) is 19.5 Å². The molecule has 0 saturated carbocycles. The zero-order valence-corrected chi connectivity index (χ0v) is 9.33. The Hall–Kier alpha value is -0.630. The van der Waals surface area contributed by atoms with E-state index in [9.17, 15) is 4.79 Å². The molecule has 2 heteroatoms. The molecule has 0 radical (unpaired) electrons. The average Bonchev–Trinajstić information content (AvgIpc) is 2.53. The quantitative estimate of drug-likeness (QED) is 0.495. The highest BCUT2D eigenvalue weighted by atomic mass is 16.1. The molecule has 0 spiro atoms. The summed E-state index contributed by atoms with van der Waals surface area (Å²) >= 11 is 0. The van der Waals surface area contributed by atoms with Gasteiger partial charge in [-0.1, -0.05) is 12.2 Å². The number of carbonyl (C=O) groups is 1. The van der Waals surface area contributed by atoms with Crippen LogP contribution < -0.4 is 0 Å². The number of hydrogen-bond donors (Lipinski definition) is 0. The third-order valence-electron chi connectivity index (χ3n) is 3.00. The monoisotopic (exact) mass is 195 g/mol. The van der Waals surface area contributed by atoms with Crippen molar-refractivity contribution >= 4 is 6.29 Å². The van der Waals surface area contributed by atoms with Gasteiger partial charge >= 0.3 is 0 Å². The Bertz CT molecular complexity index is 210. The molecular formula is C12H21NO. The van der Waals surface area contributed by atoms with E-state index in [0.29, 0.717) is 12.5 Å². The second-order valence-electron chi connectivity index (χ2n) is 4.57. The lowest BCUT2D eigenvalue weighted by Crippen LogP contribution is -2.28. The summed E-state index contributed by atoms with van der Waals surface area (Å²) < 4.78 is 0. The number of carbonyl (C=O) groups excluding carboxylic acids is 1. The smallest absolute Gasteiger partial charge is 0.124 e. The standard InChI is InChI=1S/C12H21NO/c1-10(2)13-6-4-12(9-13)8-11(3)5-7-14/h7,10,12H,3-6,8-9H2,1-2H3. The van der Waals surface area contributed by atoms with Gasteiger partial charge in [-0.15, -0.1) is 0 Å². The van der Waals surface area contributed by atoms with Crippen LogP contribution in [0.2, 0.25) is 0 Å². The summed E-state index contributed by atoms with van der Waals surface area (Å²) in [5.41, 5.74) is 1.09. The molecule has 1 saturated heterocycles. The summed E-state index contributed by atoms with van der Waals surface area (Å²) in [4.78, 5) is 12.8. The summed E-state index contributed by atoms with van der Waals surface area (Å²) in [5, 5.41) is 0. The van der Waals surface area contributed by atoms with Crippen molar-refractivity contribution in [2.24, 2.45) is 5.92 Å². The predicted molar refractivity (Wildman–Crippen MR) is 59.3 cm³/mol. The van der Waals surface area contributed by atoms with Crippen LogP contribution in [0.3, 0.4) is 0 Å². The molecule has 80 valence electrons. The second-order valence-corrected chi connectivity index (χ2v) is 4.57. The van der Waals surface area contributed by atoms with Gasteiger partial charge in [0.05, 0.1) is 0 Å². The predicted octanol–water partition coefficient (Wildman–Crippen LogP) is 2.25. The molecule has 1 aliphatic heterocycles. The van der Waals surface area contributed by atoms with Crippen molar-refractivity contribution in [3.8, 4) is 0 Å². The molecule has 0 aromatic heterocycles.